The fraction of sp³-hybridized carbons (Fsp3) is 0.450. The van der Waals surface area contributed by atoms with Gasteiger partial charge in [0.05, 0.1) is 0 Å². The first kappa shape index (κ1) is 19.4. The molecule has 0 aliphatic carbocycles. The fourth-order valence-electron chi connectivity index (χ4n) is 3.25. The van der Waals surface area contributed by atoms with Crippen molar-refractivity contribution in [2.45, 2.75) is 46.7 Å². The summed E-state index contributed by atoms with van der Waals surface area (Å²) in [5.41, 5.74) is 1.11. The van der Waals surface area contributed by atoms with E-state index in [1.54, 1.807) is 13.1 Å². The number of hydrogen-bond acceptors (Lipinski definition) is 3. The van der Waals surface area contributed by atoms with Crippen LogP contribution < -0.4 is 11.2 Å². The quantitative estimate of drug-likeness (QED) is 0.647. The van der Waals surface area contributed by atoms with Gasteiger partial charge in [0.2, 0.25) is 0 Å². The predicted octanol–water partition coefficient (Wildman–Crippen LogP) is 3.67. The Balaban J connectivity index is 2.37. The lowest BCUT2D eigenvalue weighted by Gasteiger charge is -2.12. The number of nitrogens with zero attached hydrogens (tertiary/aromatic N) is 4. The molecule has 0 saturated heterocycles. The number of hydrogen-bond donors (Lipinski definition) is 0. The van der Waals surface area contributed by atoms with E-state index in [1.807, 2.05) is 29.7 Å². The number of fused-ring (bicyclic) bond motifs is 1. The van der Waals surface area contributed by atoms with Crippen LogP contribution in [0.4, 0.5) is 0 Å². The maximum Gasteiger partial charge on any atom is 0.332 e. The Labute approximate surface area is 163 Å². The Morgan fingerprint density at radius 3 is 2.52 bits per heavy atom. The summed E-state index contributed by atoms with van der Waals surface area (Å²) in [5.74, 6) is 1.13. The van der Waals surface area contributed by atoms with Gasteiger partial charge in [-0.25, -0.2) is 9.78 Å². The summed E-state index contributed by atoms with van der Waals surface area (Å²) < 4.78 is 4.71. The van der Waals surface area contributed by atoms with Crippen LogP contribution in [-0.2, 0) is 20.1 Å². The minimum atomic E-state index is -0.333. The van der Waals surface area contributed by atoms with Crippen molar-refractivity contribution < 1.29 is 0 Å². The molecule has 1 aromatic carbocycles. The first-order valence-corrected chi connectivity index (χ1v) is 9.69. The largest absolute Gasteiger partial charge is 0.332 e. The van der Waals surface area contributed by atoms with E-state index in [1.165, 1.54) is 9.13 Å². The molecule has 6 nitrogen and oxygen atoms in total. The fourth-order valence-corrected chi connectivity index (χ4v) is 3.44. The summed E-state index contributed by atoms with van der Waals surface area (Å²) >= 11 is 6.17. The van der Waals surface area contributed by atoms with Crippen LogP contribution in [0.15, 0.2) is 33.9 Å². The number of halogens is 1. The summed E-state index contributed by atoms with van der Waals surface area (Å²) in [6.45, 7) is 7.27. The highest BCUT2D eigenvalue weighted by Crippen LogP contribution is 2.25. The van der Waals surface area contributed by atoms with Gasteiger partial charge in [-0.3, -0.25) is 13.9 Å². The molecule has 0 aliphatic rings. The third kappa shape index (κ3) is 3.58. The summed E-state index contributed by atoms with van der Waals surface area (Å²) in [7, 11) is 1.66. The molecular formula is C20H25ClN4O2. The number of aryl methyl sites for hydroxylation is 2. The Kier molecular flexibility index (Phi) is 5.56. The zero-order valence-corrected chi connectivity index (χ0v) is 17.0. The summed E-state index contributed by atoms with van der Waals surface area (Å²) in [6.07, 6.45) is 1.61. The molecule has 27 heavy (non-hydrogen) atoms. The van der Waals surface area contributed by atoms with E-state index in [-0.39, 0.29) is 11.2 Å². The van der Waals surface area contributed by atoms with Gasteiger partial charge in [-0.05, 0) is 30.9 Å². The highest BCUT2D eigenvalue weighted by Gasteiger charge is 2.21. The van der Waals surface area contributed by atoms with Gasteiger partial charge in [0.1, 0.15) is 5.82 Å². The van der Waals surface area contributed by atoms with E-state index in [4.69, 9.17) is 11.6 Å². The van der Waals surface area contributed by atoms with Crippen LogP contribution in [0.25, 0.3) is 22.6 Å². The molecule has 0 radical (unpaired) electrons. The van der Waals surface area contributed by atoms with Crippen LogP contribution in [0.2, 0.25) is 5.02 Å². The van der Waals surface area contributed by atoms with Crippen LogP contribution in [0.1, 0.15) is 33.6 Å². The third-order valence-corrected chi connectivity index (χ3v) is 4.93. The van der Waals surface area contributed by atoms with Crippen LogP contribution in [0.3, 0.4) is 0 Å². The first-order chi connectivity index (χ1) is 12.8. The molecule has 7 heteroatoms. The van der Waals surface area contributed by atoms with Crippen LogP contribution in [0.5, 0.6) is 0 Å². The lowest BCUT2D eigenvalue weighted by atomic mass is 10.1. The summed E-state index contributed by atoms with van der Waals surface area (Å²) in [4.78, 5) is 30.4. The van der Waals surface area contributed by atoms with Crippen LogP contribution >= 0.6 is 11.6 Å². The van der Waals surface area contributed by atoms with E-state index >= 15 is 0 Å². The van der Waals surface area contributed by atoms with E-state index < -0.39 is 0 Å². The summed E-state index contributed by atoms with van der Waals surface area (Å²) in [5, 5.41) is 0.604. The molecule has 0 atom stereocenters. The van der Waals surface area contributed by atoms with Gasteiger partial charge in [0.25, 0.3) is 5.56 Å². The van der Waals surface area contributed by atoms with E-state index in [9.17, 15) is 9.59 Å². The minimum absolute atomic E-state index is 0.278. The third-order valence-electron chi connectivity index (χ3n) is 4.69. The Hall–Kier alpha value is -2.34. The average molecular weight is 389 g/mol. The van der Waals surface area contributed by atoms with Gasteiger partial charge in [0, 0.05) is 30.7 Å². The molecule has 3 rings (SSSR count). The first-order valence-electron chi connectivity index (χ1n) is 9.31. The zero-order chi connectivity index (χ0) is 19.7. The molecule has 0 fully saturated rings. The molecular weight excluding hydrogens is 364 g/mol. The topological polar surface area (TPSA) is 61.8 Å². The minimum Gasteiger partial charge on any atom is -0.318 e. The van der Waals surface area contributed by atoms with Crippen molar-refractivity contribution in [1.82, 2.24) is 18.7 Å². The van der Waals surface area contributed by atoms with Gasteiger partial charge >= 0.3 is 5.69 Å². The molecule has 0 unspecified atom stereocenters. The highest BCUT2D eigenvalue weighted by atomic mass is 35.5. The predicted molar refractivity (Wildman–Crippen MR) is 109 cm³/mol. The van der Waals surface area contributed by atoms with Crippen LogP contribution in [-0.4, -0.2) is 18.7 Å². The molecule has 0 aliphatic heterocycles. The maximum atomic E-state index is 13.1. The zero-order valence-electron chi connectivity index (χ0n) is 16.2. The van der Waals surface area contributed by atoms with Crippen molar-refractivity contribution in [2.75, 3.05) is 0 Å². The van der Waals surface area contributed by atoms with Gasteiger partial charge < -0.3 is 4.57 Å². The molecule has 3 aromatic rings. The summed E-state index contributed by atoms with van der Waals surface area (Å²) in [6, 6.07) is 7.41. The number of benzene rings is 1. The Morgan fingerprint density at radius 1 is 1.15 bits per heavy atom. The van der Waals surface area contributed by atoms with E-state index in [2.05, 4.69) is 18.8 Å². The standard InChI is InChI=1S/C20H25ClN4O2/c1-5-10-25-19(26)16-18(23(4)20(25)27)22-17(24(16)11-9-13(2)3)14-7-6-8-15(21)12-14/h6-8,12-13H,5,9-11H2,1-4H3. The van der Waals surface area contributed by atoms with Gasteiger partial charge in [-0.2, -0.15) is 0 Å². The number of aromatic nitrogens is 4. The van der Waals surface area contributed by atoms with Crippen molar-refractivity contribution in [3.63, 3.8) is 0 Å². The van der Waals surface area contributed by atoms with Crippen molar-refractivity contribution in [3.8, 4) is 11.4 Å². The molecule has 0 spiro atoms. The van der Waals surface area contributed by atoms with Gasteiger partial charge in [0.15, 0.2) is 11.2 Å². The number of imidazole rings is 1. The van der Waals surface area contributed by atoms with E-state index in [0.717, 1.165) is 12.0 Å². The Morgan fingerprint density at radius 2 is 1.89 bits per heavy atom. The highest BCUT2D eigenvalue weighted by molar-refractivity contribution is 6.30. The van der Waals surface area contributed by atoms with Crippen molar-refractivity contribution in [1.29, 1.82) is 0 Å². The van der Waals surface area contributed by atoms with Gasteiger partial charge in [-0.1, -0.05) is 44.5 Å². The molecule has 2 aromatic heterocycles. The second-order valence-corrected chi connectivity index (χ2v) is 7.69. The normalized spacial score (nSPS) is 11.6. The van der Waals surface area contributed by atoms with Crippen LogP contribution in [0, 0.1) is 5.92 Å². The lowest BCUT2D eigenvalue weighted by molar-refractivity contribution is 0.522. The SMILES string of the molecule is CCCn1c(=O)c2c(nc(-c3cccc(Cl)c3)n2CCC(C)C)n(C)c1=O. The van der Waals surface area contributed by atoms with Crippen molar-refractivity contribution >= 4 is 22.8 Å². The molecule has 0 amide bonds. The average Bonchev–Trinajstić information content (AvgIpc) is 3.01. The molecule has 0 saturated carbocycles. The number of rotatable bonds is 6. The maximum absolute atomic E-state index is 13.1. The monoisotopic (exact) mass is 388 g/mol. The smallest absolute Gasteiger partial charge is 0.318 e. The second-order valence-electron chi connectivity index (χ2n) is 7.25. The molecule has 144 valence electrons. The second kappa shape index (κ2) is 7.72. The van der Waals surface area contributed by atoms with E-state index in [0.29, 0.717) is 47.4 Å². The Bertz CT molecular complexity index is 1090. The molecule has 0 bridgehead atoms. The van der Waals surface area contributed by atoms with Crippen molar-refractivity contribution in [3.05, 3.63) is 50.1 Å². The van der Waals surface area contributed by atoms with Gasteiger partial charge in [-0.15, -0.1) is 0 Å². The molecule has 2 heterocycles. The molecule has 0 N–H and O–H groups in total. The lowest BCUT2D eigenvalue weighted by Crippen LogP contribution is -2.39. The van der Waals surface area contributed by atoms with Crippen molar-refractivity contribution in [2.24, 2.45) is 13.0 Å².